The van der Waals surface area contributed by atoms with Crippen LogP contribution >= 0.6 is 0 Å². The van der Waals surface area contributed by atoms with Crippen LogP contribution in [0.4, 0.5) is 22.7 Å². The molecular weight excluding hydrogens is 747 g/mol. The van der Waals surface area contributed by atoms with Gasteiger partial charge in [-0.05, 0) is 85.1 Å². The maximum atomic E-state index is 15.6. The third kappa shape index (κ3) is 5.86. The molecule has 4 aliphatic rings. The summed E-state index contributed by atoms with van der Waals surface area (Å²) in [4.78, 5) is 49.7. The van der Waals surface area contributed by atoms with E-state index in [4.69, 9.17) is 14.2 Å². The molecule has 3 amide bonds. The molecule has 58 heavy (non-hydrogen) atoms. The van der Waals surface area contributed by atoms with Gasteiger partial charge < -0.3 is 24.2 Å². The predicted octanol–water partition coefficient (Wildman–Crippen LogP) is 8.05. The summed E-state index contributed by atoms with van der Waals surface area (Å²) >= 11 is 0. The maximum absolute atomic E-state index is 15.6. The lowest BCUT2D eigenvalue weighted by atomic mass is 9.82. The number of nitrogens with zero attached hydrogens (tertiary/aromatic N) is 3. The van der Waals surface area contributed by atoms with E-state index < -0.39 is 25.7 Å². The zero-order chi connectivity index (χ0) is 40.3. The van der Waals surface area contributed by atoms with E-state index in [1.165, 1.54) is 0 Å². The van der Waals surface area contributed by atoms with Crippen molar-refractivity contribution in [2.24, 2.45) is 5.92 Å². The lowest BCUT2D eigenvalue weighted by Gasteiger charge is -2.37. The number of hydrogen-bond acceptors (Lipinski definition) is 7. The van der Waals surface area contributed by atoms with Crippen LogP contribution in [0.2, 0.25) is 18.6 Å². The van der Waals surface area contributed by atoms with Crippen molar-refractivity contribution in [3.05, 3.63) is 132 Å². The molecule has 2 saturated heterocycles. The number of benzene rings is 5. The zero-order valence-electron chi connectivity index (χ0n) is 33.1. The molecule has 0 saturated carbocycles. The van der Waals surface area contributed by atoms with Crippen LogP contribution in [0.25, 0.3) is 0 Å². The van der Waals surface area contributed by atoms with E-state index >= 15 is 4.79 Å². The van der Waals surface area contributed by atoms with Gasteiger partial charge in [0.15, 0.2) is 11.4 Å². The highest BCUT2D eigenvalue weighted by Crippen LogP contribution is 2.62. The molecule has 0 unspecified atom stereocenters. The van der Waals surface area contributed by atoms with Gasteiger partial charge in [0.2, 0.25) is 5.91 Å². The minimum atomic E-state index is -2.59. The van der Waals surface area contributed by atoms with Crippen molar-refractivity contribution in [3.63, 3.8) is 0 Å². The van der Waals surface area contributed by atoms with E-state index in [9.17, 15) is 14.7 Å². The van der Waals surface area contributed by atoms with Crippen LogP contribution in [-0.2, 0) is 19.9 Å². The minimum absolute atomic E-state index is 0.0690. The van der Waals surface area contributed by atoms with Gasteiger partial charge in [-0.1, -0.05) is 79.8 Å². The summed E-state index contributed by atoms with van der Waals surface area (Å²) in [7, 11) is -0.943. The predicted molar refractivity (Wildman–Crippen MR) is 225 cm³/mol. The molecule has 0 aromatic heterocycles. The van der Waals surface area contributed by atoms with E-state index in [2.05, 4.69) is 32.2 Å². The average Bonchev–Trinajstić information content (AvgIpc) is 3.89. The molecule has 2 fully saturated rings. The number of amides is 3. The fourth-order valence-electron chi connectivity index (χ4n) is 10.1. The molecule has 296 valence electrons. The number of para-hydroxylation sites is 4. The van der Waals surface area contributed by atoms with Gasteiger partial charge in [0.25, 0.3) is 11.8 Å². The highest BCUT2D eigenvalue weighted by atomic mass is 28.3. The Labute approximate surface area is 339 Å². The van der Waals surface area contributed by atoms with Crippen molar-refractivity contribution < 1.29 is 33.7 Å². The second kappa shape index (κ2) is 14.6. The number of fused-ring (bicyclic) bond motifs is 4. The summed E-state index contributed by atoms with van der Waals surface area (Å²) in [5.74, 6) is 0.757. The molecule has 9 rings (SSSR count). The van der Waals surface area contributed by atoms with E-state index in [-0.39, 0.29) is 42.3 Å². The first-order valence-corrected chi connectivity index (χ1v) is 23.1. The number of methoxy groups -OCH3 is 1. The van der Waals surface area contributed by atoms with Crippen LogP contribution in [0.1, 0.15) is 42.1 Å². The first-order chi connectivity index (χ1) is 28.1. The van der Waals surface area contributed by atoms with E-state index in [0.717, 1.165) is 23.8 Å². The molecule has 5 aromatic carbocycles. The highest BCUT2D eigenvalue weighted by Gasteiger charge is 2.67. The van der Waals surface area contributed by atoms with E-state index in [0.29, 0.717) is 51.9 Å². The van der Waals surface area contributed by atoms with Crippen LogP contribution in [0.5, 0.6) is 17.2 Å². The van der Waals surface area contributed by atoms with Crippen LogP contribution in [0.15, 0.2) is 121 Å². The molecule has 1 N–H and O–H groups in total. The second-order valence-electron chi connectivity index (χ2n) is 16.3. The zero-order valence-corrected chi connectivity index (χ0v) is 34.1. The SMILES string of the molecule is COc1ccc([Si](C)(C)[C@H]2[C@H](CC(=O)N3CCC[C@H]3CO)O[C@@]3(C(=O)N(c4ccccc4)c4ccc(N5C(=O)c6ccccc6Oc6ccccc65)cc43)[C@@H]2C)cc1. The van der Waals surface area contributed by atoms with Crippen LogP contribution in [-0.4, -0.2) is 68.2 Å². The van der Waals surface area contributed by atoms with E-state index in [1.54, 1.807) is 33.9 Å². The van der Waals surface area contributed by atoms with Gasteiger partial charge in [0, 0.05) is 29.4 Å². The van der Waals surface area contributed by atoms with Crippen molar-refractivity contribution in [1.82, 2.24) is 4.90 Å². The summed E-state index contributed by atoms with van der Waals surface area (Å²) in [6, 6.07) is 37.8. The molecule has 5 aromatic rings. The van der Waals surface area contributed by atoms with Gasteiger partial charge in [0.1, 0.15) is 11.5 Å². The molecule has 10 nitrogen and oxygen atoms in total. The number of rotatable bonds is 8. The molecule has 0 radical (unpaired) electrons. The highest BCUT2D eigenvalue weighted by molar-refractivity contribution is 6.91. The van der Waals surface area contributed by atoms with Crippen LogP contribution in [0.3, 0.4) is 0 Å². The molecule has 0 aliphatic carbocycles. The van der Waals surface area contributed by atoms with E-state index in [1.807, 2.05) is 97.1 Å². The normalized spacial score (nSPS) is 23.7. The lowest BCUT2D eigenvalue weighted by Crippen LogP contribution is -2.52. The summed E-state index contributed by atoms with van der Waals surface area (Å²) in [6.45, 7) is 7.16. The first-order valence-electron chi connectivity index (χ1n) is 20.1. The standard InChI is InChI=1S/C47H47N3O7Si/c1-30-44(58(3,4)35-23-21-34(55-2)22-24-35)42(28-43(52)48-26-12-15-33(48)29-51)57-47(30)37-27-32(20-25-38(37)50(46(47)54)31-13-6-5-7-14-31)49-39-17-9-11-19-41(39)56-40-18-10-8-16-36(40)45(49)53/h5-11,13-14,16-25,27,30,33,42,44,51H,12,15,26,28-29H2,1-4H3/t30-,33+,42+,44-,47+/m1/s1. The molecule has 0 bridgehead atoms. The second-order valence-corrected chi connectivity index (χ2v) is 21.0. The van der Waals surface area contributed by atoms with Gasteiger partial charge in [-0.15, -0.1) is 0 Å². The Bertz CT molecular complexity index is 2410. The Morgan fingerprint density at radius 3 is 2.29 bits per heavy atom. The van der Waals surface area contributed by atoms with Gasteiger partial charge >= 0.3 is 0 Å². The Kier molecular flexibility index (Phi) is 9.49. The third-order valence-corrected chi connectivity index (χ3v) is 17.3. The number of aliphatic hydroxyl groups excluding tert-OH is 1. The lowest BCUT2D eigenvalue weighted by molar-refractivity contribution is -0.149. The fourth-order valence-corrected chi connectivity index (χ4v) is 14.1. The number of hydrogen-bond donors (Lipinski definition) is 1. The Balaban J connectivity index is 1.22. The summed E-state index contributed by atoms with van der Waals surface area (Å²) < 4.78 is 19.2. The summed E-state index contributed by atoms with van der Waals surface area (Å²) in [5, 5.41) is 11.3. The first kappa shape index (κ1) is 37.8. The van der Waals surface area contributed by atoms with Crippen molar-refractivity contribution in [2.75, 3.05) is 30.1 Å². The average molecular weight is 794 g/mol. The van der Waals surface area contributed by atoms with Crippen molar-refractivity contribution in [3.8, 4) is 17.2 Å². The van der Waals surface area contributed by atoms with Crippen molar-refractivity contribution in [1.29, 1.82) is 0 Å². The number of ether oxygens (including phenoxy) is 3. The van der Waals surface area contributed by atoms with Crippen molar-refractivity contribution in [2.45, 2.75) is 62.6 Å². The Morgan fingerprint density at radius 1 is 0.845 bits per heavy atom. The molecule has 11 heteroatoms. The molecule has 5 atom stereocenters. The molecule has 4 heterocycles. The van der Waals surface area contributed by atoms with Crippen molar-refractivity contribution >= 4 is 53.7 Å². The van der Waals surface area contributed by atoms with Crippen LogP contribution < -0.4 is 24.5 Å². The third-order valence-electron chi connectivity index (χ3n) is 12.9. The van der Waals surface area contributed by atoms with Gasteiger partial charge in [0.05, 0.1) is 57.3 Å². The Morgan fingerprint density at radius 2 is 1.55 bits per heavy atom. The molecule has 4 aliphatic heterocycles. The summed E-state index contributed by atoms with van der Waals surface area (Å²) in [5.41, 5.74) is 1.83. The smallest absolute Gasteiger partial charge is 0.268 e. The molecule has 1 spiro atoms. The number of carbonyl (C=O) groups is 3. The molecular formula is C47H47N3O7Si. The maximum Gasteiger partial charge on any atom is 0.268 e. The Hall–Kier alpha value is -5.75. The fraction of sp³-hybridized carbons (Fsp3) is 0.298. The number of carbonyl (C=O) groups excluding carboxylic acids is 3. The number of aliphatic hydroxyl groups is 1. The van der Waals surface area contributed by atoms with Gasteiger partial charge in [-0.2, -0.15) is 0 Å². The van der Waals surface area contributed by atoms with Gasteiger partial charge in [-0.3, -0.25) is 24.2 Å². The largest absolute Gasteiger partial charge is 0.497 e. The number of likely N-dealkylation sites (tertiary alicyclic amines) is 1. The van der Waals surface area contributed by atoms with Crippen LogP contribution in [0, 0.1) is 5.92 Å². The topological polar surface area (TPSA) is 109 Å². The quantitative estimate of drug-likeness (QED) is 0.159. The van der Waals surface area contributed by atoms with Gasteiger partial charge in [-0.25, -0.2) is 0 Å². The minimum Gasteiger partial charge on any atom is -0.497 e. The number of anilines is 4. The summed E-state index contributed by atoms with van der Waals surface area (Å²) in [6.07, 6.45) is 1.02. The monoisotopic (exact) mass is 793 g/mol.